The number of aromatic nitrogens is 2. The quantitative estimate of drug-likeness (QED) is 0.0648. The average Bonchev–Trinajstić information content (AvgIpc) is 3.89. The van der Waals surface area contributed by atoms with Crippen LogP contribution in [-0.4, -0.2) is 158 Å². The average molecular weight is 1050 g/mol. The van der Waals surface area contributed by atoms with Crippen LogP contribution in [0.5, 0.6) is 5.75 Å². The third kappa shape index (κ3) is 19.7. The van der Waals surface area contributed by atoms with Crippen molar-refractivity contribution >= 4 is 65.2 Å². The molecular weight excluding hydrogens is 983 g/mol. The first kappa shape index (κ1) is 58.9. The van der Waals surface area contributed by atoms with Crippen LogP contribution in [-0.2, 0) is 67.2 Å². The number of aliphatic carboxylic acids is 1. The topological polar surface area (TPSA) is 423 Å². The SMILES string of the molecule is CC(C)[C@@H]1NC(=O)[C@H](CCCNC(N)=O)NC(=O)[C@H](Cc2ccccc2)NC(=O)[C@H](Cc2cnc[nH]2)NC(=O)[C@H](Cc2ccc(O)cc2)NC(=O)[C@H](C)NC(=O)[C@H](CCC(=O)O)NC(=O)[C@H](CO)NC(=O)CNC1=O. The van der Waals surface area contributed by atoms with Crippen LogP contribution in [0.2, 0.25) is 0 Å². The molecule has 75 heavy (non-hydrogen) atoms. The van der Waals surface area contributed by atoms with Gasteiger partial charge in [0.15, 0.2) is 0 Å². The van der Waals surface area contributed by atoms with Crippen molar-refractivity contribution in [2.45, 2.75) is 114 Å². The Hall–Kier alpha value is -8.62. The lowest BCUT2D eigenvalue weighted by Crippen LogP contribution is -2.61. The molecule has 27 heteroatoms. The number of primary amides is 1. The van der Waals surface area contributed by atoms with E-state index in [4.69, 9.17) is 5.73 Å². The van der Waals surface area contributed by atoms with Gasteiger partial charge in [0.25, 0.3) is 0 Å². The van der Waals surface area contributed by atoms with Crippen molar-refractivity contribution in [3.8, 4) is 5.75 Å². The summed E-state index contributed by atoms with van der Waals surface area (Å²) in [5.41, 5.74) is 6.57. The Bertz CT molecular complexity index is 2480. The van der Waals surface area contributed by atoms with Crippen LogP contribution in [0.15, 0.2) is 67.1 Å². The predicted octanol–water partition coefficient (Wildman–Crippen LogP) is -3.87. The number of aliphatic hydroxyl groups is 1. The molecule has 0 spiro atoms. The zero-order valence-corrected chi connectivity index (χ0v) is 41.5. The number of benzene rings is 2. The molecule has 1 fully saturated rings. The Balaban J connectivity index is 1.81. The van der Waals surface area contributed by atoms with E-state index in [0.717, 1.165) is 0 Å². The zero-order valence-electron chi connectivity index (χ0n) is 41.5. The summed E-state index contributed by atoms with van der Waals surface area (Å²) < 4.78 is 0. The number of aromatic amines is 1. The maximum Gasteiger partial charge on any atom is 0.312 e. The van der Waals surface area contributed by atoms with Gasteiger partial charge in [-0.25, -0.2) is 9.78 Å². The van der Waals surface area contributed by atoms with Crippen LogP contribution in [0.25, 0.3) is 0 Å². The van der Waals surface area contributed by atoms with Gasteiger partial charge in [-0.05, 0) is 55.4 Å². The molecule has 1 aromatic heterocycles. The highest BCUT2D eigenvalue weighted by Gasteiger charge is 2.35. The summed E-state index contributed by atoms with van der Waals surface area (Å²) in [6, 6.07) is 1.05. The number of phenols is 1. The first-order valence-corrected chi connectivity index (χ1v) is 24.0. The van der Waals surface area contributed by atoms with E-state index in [1.165, 1.54) is 43.7 Å². The number of hydrogen-bond acceptors (Lipinski definition) is 14. The van der Waals surface area contributed by atoms with Crippen LogP contribution < -0.4 is 58.9 Å². The number of phenolic OH excluding ortho intramolecular Hbond substituents is 1. The van der Waals surface area contributed by atoms with Crippen molar-refractivity contribution in [2.24, 2.45) is 11.7 Å². The molecule has 1 aliphatic heterocycles. The second-order valence-corrected chi connectivity index (χ2v) is 18.0. The van der Waals surface area contributed by atoms with Crippen molar-refractivity contribution in [1.29, 1.82) is 0 Å². The van der Waals surface area contributed by atoms with Gasteiger partial charge in [0.1, 0.15) is 54.1 Å². The van der Waals surface area contributed by atoms with Crippen molar-refractivity contribution in [3.63, 3.8) is 0 Å². The maximum absolute atomic E-state index is 14.6. The summed E-state index contributed by atoms with van der Waals surface area (Å²) in [5, 5.41) is 54.2. The second kappa shape index (κ2) is 29.2. The van der Waals surface area contributed by atoms with Crippen LogP contribution in [0.4, 0.5) is 4.79 Å². The second-order valence-electron chi connectivity index (χ2n) is 18.0. The molecule has 0 aliphatic carbocycles. The van der Waals surface area contributed by atoms with E-state index in [1.54, 1.807) is 44.2 Å². The van der Waals surface area contributed by atoms with Crippen LogP contribution >= 0.6 is 0 Å². The lowest BCUT2D eigenvalue weighted by molar-refractivity contribution is -0.138. The van der Waals surface area contributed by atoms with E-state index in [0.29, 0.717) is 16.8 Å². The summed E-state index contributed by atoms with van der Waals surface area (Å²) in [7, 11) is 0. The highest BCUT2D eigenvalue weighted by Crippen LogP contribution is 2.14. The van der Waals surface area contributed by atoms with Crippen molar-refractivity contribution < 1.29 is 68.1 Å². The number of carboxylic acid groups (broad SMARTS) is 1. The number of H-pyrrole nitrogens is 1. The van der Waals surface area contributed by atoms with E-state index >= 15 is 0 Å². The van der Waals surface area contributed by atoms with Gasteiger partial charge in [-0.3, -0.25) is 47.9 Å². The third-order valence-electron chi connectivity index (χ3n) is 11.7. The molecule has 3 aromatic rings. The van der Waals surface area contributed by atoms with E-state index in [2.05, 4.69) is 63.1 Å². The smallest absolute Gasteiger partial charge is 0.312 e. The molecule has 16 N–H and O–H groups in total. The number of nitrogens with two attached hydrogens (primary N) is 1. The van der Waals surface area contributed by atoms with Crippen LogP contribution in [0.3, 0.4) is 0 Å². The summed E-state index contributed by atoms with van der Waals surface area (Å²) in [6.45, 7) is 2.50. The number of urea groups is 1. The molecule has 4 rings (SSSR count). The Morgan fingerprint density at radius 3 is 1.72 bits per heavy atom. The molecule has 1 aliphatic rings. The molecule has 406 valence electrons. The van der Waals surface area contributed by atoms with Crippen LogP contribution in [0, 0.1) is 5.92 Å². The largest absolute Gasteiger partial charge is 0.508 e. The molecule has 2 heterocycles. The molecule has 27 nitrogen and oxygen atoms in total. The standard InChI is InChI=1S/C48H65N13O14/c1-25(2)39-47(74)52-22-37(64)55-36(23-62)46(73)57-32(15-16-38(65)66)41(68)54-26(3)40(67)58-33(19-28-11-13-30(63)14-12-28)44(71)60-35(20-29-21-50-24-53-29)45(72)59-34(18-27-8-5-4-6-9-27)43(70)56-31(42(69)61-39)10-7-17-51-48(49)75/h4-6,8-9,11-14,21,24-26,31-36,39,62-63H,7,10,15-20,22-23H2,1-3H3,(H,50,53)(H,52,74)(H,54,68)(H,55,64)(H,56,70)(H,57,73)(H,58,67)(H,59,72)(H,60,71)(H,61,69)(H,65,66)(H3,49,51,75)/t26-,31-,32-,33-,34-,35-,36-,39-/m0/s1. The van der Waals surface area contributed by atoms with Crippen molar-refractivity contribution in [2.75, 3.05) is 19.7 Å². The number of aromatic hydroxyl groups is 1. The number of carbonyl (C=O) groups excluding carboxylic acids is 10. The molecular formula is C48H65N13O14. The summed E-state index contributed by atoms with van der Waals surface area (Å²) in [4.78, 5) is 155. The van der Waals surface area contributed by atoms with E-state index in [-0.39, 0.29) is 44.4 Å². The van der Waals surface area contributed by atoms with Crippen LogP contribution in [0.1, 0.15) is 63.3 Å². The summed E-state index contributed by atoms with van der Waals surface area (Å²) in [6.07, 6.45) is 0.782. The molecule has 0 bridgehead atoms. The first-order chi connectivity index (χ1) is 35.6. The van der Waals surface area contributed by atoms with Crippen molar-refractivity contribution in [1.82, 2.24) is 63.1 Å². The highest BCUT2D eigenvalue weighted by atomic mass is 16.4. The van der Waals surface area contributed by atoms with E-state index in [1.807, 2.05) is 0 Å². The van der Waals surface area contributed by atoms with Gasteiger partial charge in [-0.2, -0.15) is 0 Å². The monoisotopic (exact) mass is 1050 g/mol. The Morgan fingerprint density at radius 2 is 1.17 bits per heavy atom. The van der Waals surface area contributed by atoms with E-state index < -0.39 is 145 Å². The molecule has 8 atom stereocenters. The van der Waals surface area contributed by atoms with Gasteiger partial charge in [-0.15, -0.1) is 0 Å². The minimum absolute atomic E-state index is 0.0346. The van der Waals surface area contributed by atoms with E-state index in [9.17, 15) is 68.1 Å². The third-order valence-corrected chi connectivity index (χ3v) is 11.7. The minimum Gasteiger partial charge on any atom is -0.508 e. The van der Waals surface area contributed by atoms with Gasteiger partial charge in [0.2, 0.25) is 53.2 Å². The van der Waals surface area contributed by atoms with Gasteiger partial charge < -0.3 is 79.2 Å². The zero-order chi connectivity index (χ0) is 55.2. The number of nitrogens with one attached hydrogen (secondary N) is 11. The fourth-order valence-corrected chi connectivity index (χ4v) is 7.56. The number of carbonyl (C=O) groups is 11. The molecule has 1 saturated heterocycles. The molecule has 0 radical (unpaired) electrons. The highest BCUT2D eigenvalue weighted by molar-refractivity contribution is 5.99. The number of nitrogens with zero attached hydrogens (tertiary/aromatic N) is 1. The number of amides is 11. The lowest BCUT2D eigenvalue weighted by Gasteiger charge is -2.28. The van der Waals surface area contributed by atoms with Crippen molar-refractivity contribution in [3.05, 3.63) is 83.9 Å². The van der Waals surface area contributed by atoms with Gasteiger partial charge in [0.05, 0.1) is 19.5 Å². The van der Waals surface area contributed by atoms with Gasteiger partial charge in [-0.1, -0.05) is 56.3 Å². The molecule has 11 amide bonds. The lowest BCUT2D eigenvalue weighted by atomic mass is 10.0. The number of hydrogen-bond donors (Lipinski definition) is 15. The fourth-order valence-electron chi connectivity index (χ4n) is 7.56. The Morgan fingerprint density at radius 1 is 0.653 bits per heavy atom. The Kier molecular flexibility index (Phi) is 22.9. The number of rotatable bonds is 15. The van der Waals surface area contributed by atoms with Gasteiger partial charge >= 0.3 is 12.0 Å². The predicted molar refractivity (Wildman–Crippen MR) is 264 cm³/mol. The number of carboxylic acids is 1. The molecule has 2 aromatic carbocycles. The molecule has 0 unspecified atom stereocenters. The summed E-state index contributed by atoms with van der Waals surface area (Å²) >= 11 is 0. The minimum atomic E-state index is -1.75. The fraction of sp³-hybridized carbons (Fsp3) is 0.458. The van der Waals surface area contributed by atoms with Gasteiger partial charge in [0, 0.05) is 44.1 Å². The molecule has 0 saturated carbocycles. The Labute approximate surface area is 430 Å². The number of imidazole rings is 1. The normalized spacial score (nSPS) is 23.3. The number of aliphatic hydroxyl groups excluding tert-OH is 1. The maximum atomic E-state index is 14.6. The first-order valence-electron chi connectivity index (χ1n) is 24.0. The summed E-state index contributed by atoms with van der Waals surface area (Å²) in [5.74, 6) is -10.8.